The summed E-state index contributed by atoms with van der Waals surface area (Å²) in [5, 5.41) is 8.54. The van der Waals surface area contributed by atoms with E-state index >= 15 is 0 Å². The molecule has 84 valence electrons. The Morgan fingerprint density at radius 3 is 2.69 bits per heavy atom. The number of rotatable bonds is 2. The summed E-state index contributed by atoms with van der Waals surface area (Å²) in [6, 6.07) is 2.10. The standard InChI is InChI=1S/C9H5F3N2O2/c1-16-9(15)5-2-4(3-13)6(7(10)11)14-8(5)12/h2,7H,1H3. The maximum absolute atomic E-state index is 13.1. The number of carbonyl (C=O) groups excluding carboxylic acids is 1. The summed E-state index contributed by atoms with van der Waals surface area (Å²) < 4.78 is 41.9. The van der Waals surface area contributed by atoms with Crippen molar-refractivity contribution in [2.24, 2.45) is 0 Å². The van der Waals surface area contributed by atoms with Gasteiger partial charge in [-0.05, 0) is 6.07 Å². The van der Waals surface area contributed by atoms with Crippen LogP contribution in [0.4, 0.5) is 13.2 Å². The van der Waals surface area contributed by atoms with Crippen LogP contribution in [-0.2, 0) is 4.74 Å². The van der Waals surface area contributed by atoms with E-state index in [1.807, 2.05) is 0 Å². The number of nitriles is 1. The molecular weight excluding hydrogens is 225 g/mol. The summed E-state index contributed by atoms with van der Waals surface area (Å²) in [5.41, 5.74) is -2.20. The number of nitrogens with zero attached hydrogens (tertiary/aromatic N) is 2. The fraction of sp³-hybridized carbons (Fsp3) is 0.222. The van der Waals surface area contributed by atoms with Crippen molar-refractivity contribution in [3.8, 4) is 6.07 Å². The Morgan fingerprint density at radius 2 is 2.25 bits per heavy atom. The molecule has 0 N–H and O–H groups in total. The molecule has 0 fully saturated rings. The molecule has 4 nitrogen and oxygen atoms in total. The molecular formula is C9H5F3N2O2. The van der Waals surface area contributed by atoms with Crippen LogP contribution in [0.2, 0.25) is 0 Å². The SMILES string of the molecule is COC(=O)c1cc(C#N)c(C(F)F)nc1F. The van der Waals surface area contributed by atoms with Crippen molar-refractivity contribution in [1.29, 1.82) is 5.26 Å². The lowest BCUT2D eigenvalue weighted by molar-refractivity contribution is 0.0593. The van der Waals surface area contributed by atoms with Crippen molar-refractivity contribution >= 4 is 5.97 Å². The first kappa shape index (κ1) is 12.0. The number of pyridine rings is 1. The van der Waals surface area contributed by atoms with E-state index in [0.29, 0.717) is 6.07 Å². The number of esters is 1. The van der Waals surface area contributed by atoms with Gasteiger partial charge in [0.15, 0.2) is 0 Å². The van der Waals surface area contributed by atoms with Gasteiger partial charge in [-0.2, -0.15) is 9.65 Å². The van der Waals surface area contributed by atoms with Crippen LogP contribution < -0.4 is 0 Å². The van der Waals surface area contributed by atoms with Crippen LogP contribution in [0.25, 0.3) is 0 Å². The Kier molecular flexibility index (Phi) is 3.45. The van der Waals surface area contributed by atoms with E-state index in [1.54, 1.807) is 0 Å². The van der Waals surface area contributed by atoms with E-state index in [1.165, 1.54) is 6.07 Å². The minimum Gasteiger partial charge on any atom is -0.465 e. The van der Waals surface area contributed by atoms with E-state index in [2.05, 4.69) is 9.72 Å². The molecule has 0 saturated heterocycles. The fourth-order valence-corrected chi connectivity index (χ4v) is 1.01. The first-order valence-corrected chi connectivity index (χ1v) is 3.98. The number of hydrogen-bond donors (Lipinski definition) is 0. The lowest BCUT2D eigenvalue weighted by atomic mass is 10.1. The third-order valence-corrected chi connectivity index (χ3v) is 1.74. The third kappa shape index (κ3) is 2.11. The molecule has 0 spiro atoms. The summed E-state index contributed by atoms with van der Waals surface area (Å²) >= 11 is 0. The Hall–Kier alpha value is -2.10. The average molecular weight is 230 g/mol. The molecule has 0 atom stereocenters. The van der Waals surface area contributed by atoms with Crippen LogP contribution >= 0.6 is 0 Å². The zero-order valence-corrected chi connectivity index (χ0v) is 8.00. The second kappa shape index (κ2) is 4.61. The molecule has 0 aliphatic rings. The molecule has 16 heavy (non-hydrogen) atoms. The van der Waals surface area contributed by atoms with E-state index < -0.39 is 35.2 Å². The molecule has 0 aliphatic heterocycles. The largest absolute Gasteiger partial charge is 0.465 e. The second-order valence-corrected chi connectivity index (χ2v) is 2.66. The van der Waals surface area contributed by atoms with E-state index in [-0.39, 0.29) is 0 Å². The molecule has 0 aromatic carbocycles. The van der Waals surface area contributed by atoms with Gasteiger partial charge in [0, 0.05) is 0 Å². The molecule has 1 aromatic rings. The van der Waals surface area contributed by atoms with Crippen LogP contribution in [0.15, 0.2) is 6.07 Å². The first-order valence-electron chi connectivity index (χ1n) is 3.98. The lowest BCUT2D eigenvalue weighted by Crippen LogP contribution is -2.09. The zero-order chi connectivity index (χ0) is 12.3. The van der Waals surface area contributed by atoms with E-state index in [0.717, 1.165) is 7.11 Å². The van der Waals surface area contributed by atoms with Gasteiger partial charge in [-0.1, -0.05) is 0 Å². The highest BCUT2D eigenvalue weighted by atomic mass is 19.3. The molecule has 0 aliphatic carbocycles. The van der Waals surface area contributed by atoms with Gasteiger partial charge in [-0.25, -0.2) is 18.6 Å². The fourth-order valence-electron chi connectivity index (χ4n) is 1.01. The molecule has 0 bridgehead atoms. The number of halogens is 3. The highest BCUT2D eigenvalue weighted by Gasteiger charge is 2.22. The predicted octanol–water partition coefficient (Wildman–Crippen LogP) is 1.82. The predicted molar refractivity (Wildman–Crippen MR) is 45.2 cm³/mol. The Bertz CT molecular complexity index is 469. The van der Waals surface area contributed by atoms with Crippen LogP contribution in [0.5, 0.6) is 0 Å². The summed E-state index contributed by atoms with van der Waals surface area (Å²) in [4.78, 5) is 13.9. The van der Waals surface area contributed by atoms with Gasteiger partial charge in [0.25, 0.3) is 6.43 Å². The minimum absolute atomic E-state index is 0.559. The number of hydrogen-bond acceptors (Lipinski definition) is 4. The molecule has 0 amide bonds. The number of carbonyl (C=O) groups is 1. The van der Waals surface area contributed by atoms with E-state index in [9.17, 15) is 18.0 Å². The van der Waals surface area contributed by atoms with Gasteiger partial charge in [-0.15, -0.1) is 0 Å². The maximum atomic E-state index is 13.1. The highest BCUT2D eigenvalue weighted by Crippen LogP contribution is 2.22. The van der Waals surface area contributed by atoms with Crippen LogP contribution in [0.3, 0.4) is 0 Å². The van der Waals surface area contributed by atoms with Gasteiger partial charge in [0.05, 0.1) is 12.7 Å². The normalized spacial score (nSPS) is 10.0. The first-order chi connectivity index (χ1) is 7.51. The van der Waals surface area contributed by atoms with Gasteiger partial charge < -0.3 is 4.74 Å². The summed E-state index contributed by atoms with van der Waals surface area (Å²) in [6.07, 6.45) is -3.09. The molecule has 0 unspecified atom stereocenters. The van der Waals surface area contributed by atoms with Crippen molar-refractivity contribution in [2.45, 2.75) is 6.43 Å². The summed E-state index contributed by atoms with van der Waals surface area (Å²) in [6.45, 7) is 0. The second-order valence-electron chi connectivity index (χ2n) is 2.66. The molecule has 0 radical (unpaired) electrons. The van der Waals surface area contributed by atoms with Crippen molar-refractivity contribution in [3.63, 3.8) is 0 Å². The molecule has 7 heteroatoms. The van der Waals surface area contributed by atoms with Gasteiger partial charge in [0.2, 0.25) is 5.95 Å². The maximum Gasteiger partial charge on any atom is 0.342 e. The highest BCUT2D eigenvalue weighted by molar-refractivity contribution is 5.89. The molecule has 1 rings (SSSR count). The van der Waals surface area contributed by atoms with Gasteiger partial charge in [-0.3, -0.25) is 0 Å². The average Bonchev–Trinajstić information content (AvgIpc) is 2.27. The number of aromatic nitrogens is 1. The van der Waals surface area contributed by atoms with Crippen molar-refractivity contribution in [1.82, 2.24) is 4.98 Å². The third-order valence-electron chi connectivity index (χ3n) is 1.74. The van der Waals surface area contributed by atoms with Crippen LogP contribution in [0, 0.1) is 17.3 Å². The minimum atomic E-state index is -3.09. The Morgan fingerprint density at radius 1 is 1.62 bits per heavy atom. The summed E-state index contributed by atoms with van der Waals surface area (Å²) in [7, 11) is 0.995. The quantitative estimate of drug-likeness (QED) is 0.574. The number of methoxy groups -OCH3 is 1. The topological polar surface area (TPSA) is 63.0 Å². The van der Waals surface area contributed by atoms with Crippen molar-refractivity contribution < 1.29 is 22.7 Å². The number of alkyl halides is 2. The molecule has 1 heterocycles. The number of ether oxygens (including phenoxy) is 1. The zero-order valence-electron chi connectivity index (χ0n) is 8.00. The van der Waals surface area contributed by atoms with E-state index in [4.69, 9.17) is 5.26 Å². The van der Waals surface area contributed by atoms with Crippen molar-refractivity contribution in [3.05, 3.63) is 28.8 Å². The van der Waals surface area contributed by atoms with Crippen LogP contribution in [-0.4, -0.2) is 18.1 Å². The van der Waals surface area contributed by atoms with Crippen LogP contribution in [0.1, 0.15) is 28.0 Å². The van der Waals surface area contributed by atoms with Gasteiger partial charge in [0.1, 0.15) is 17.3 Å². The summed E-state index contributed by atoms with van der Waals surface area (Å²) in [5.74, 6) is -2.47. The monoisotopic (exact) mass is 230 g/mol. The molecule has 1 aromatic heterocycles. The van der Waals surface area contributed by atoms with Gasteiger partial charge >= 0.3 is 5.97 Å². The smallest absolute Gasteiger partial charge is 0.342 e. The van der Waals surface area contributed by atoms with Crippen molar-refractivity contribution in [2.75, 3.05) is 7.11 Å². The molecule has 0 saturated carbocycles. The lowest BCUT2D eigenvalue weighted by Gasteiger charge is -2.05. The Labute approximate surface area is 88.3 Å². The Balaban J connectivity index is 3.38.